The van der Waals surface area contributed by atoms with Crippen molar-refractivity contribution in [2.45, 2.75) is 38.5 Å². The van der Waals surface area contributed by atoms with E-state index in [-0.39, 0.29) is 11.3 Å². The van der Waals surface area contributed by atoms with E-state index in [9.17, 15) is 13.6 Å². The highest BCUT2D eigenvalue weighted by Crippen LogP contribution is 2.54. The summed E-state index contributed by atoms with van der Waals surface area (Å²) in [4.78, 5) is 11.5. The Morgan fingerprint density at radius 3 is 2.68 bits per heavy atom. The van der Waals surface area contributed by atoms with Crippen molar-refractivity contribution < 1.29 is 13.6 Å². The average molecular weight is 267 g/mol. The van der Waals surface area contributed by atoms with Gasteiger partial charge in [0, 0.05) is 24.4 Å². The van der Waals surface area contributed by atoms with Crippen molar-refractivity contribution in [3.8, 4) is 0 Å². The van der Waals surface area contributed by atoms with Crippen LogP contribution in [0.1, 0.15) is 38.7 Å². The Bertz CT molecular complexity index is 489. The van der Waals surface area contributed by atoms with Crippen molar-refractivity contribution in [3.05, 3.63) is 35.4 Å². The highest BCUT2D eigenvalue weighted by Gasteiger charge is 2.53. The van der Waals surface area contributed by atoms with Gasteiger partial charge in [0.05, 0.1) is 0 Å². The van der Waals surface area contributed by atoms with E-state index in [1.165, 1.54) is 12.1 Å². The van der Waals surface area contributed by atoms with Gasteiger partial charge in [0.25, 0.3) is 0 Å². The number of carbonyl (C=O) groups is 1. The largest absolute Gasteiger partial charge is 0.355 e. The Balaban J connectivity index is 2.13. The highest BCUT2D eigenvalue weighted by atomic mass is 19.1. The van der Waals surface area contributed by atoms with Crippen LogP contribution in [0.25, 0.3) is 0 Å². The van der Waals surface area contributed by atoms with E-state index in [1.54, 1.807) is 0 Å². The molecule has 2 nitrogen and oxygen atoms in total. The van der Waals surface area contributed by atoms with Crippen molar-refractivity contribution in [2.75, 3.05) is 6.54 Å². The van der Waals surface area contributed by atoms with Crippen molar-refractivity contribution in [3.63, 3.8) is 0 Å². The van der Waals surface area contributed by atoms with Gasteiger partial charge in [-0.3, -0.25) is 4.79 Å². The number of benzene rings is 1. The Kier molecular flexibility index (Phi) is 3.88. The first kappa shape index (κ1) is 14.0. The van der Waals surface area contributed by atoms with Crippen LogP contribution in [0.15, 0.2) is 18.2 Å². The normalized spacial score (nSPS) is 25.2. The molecule has 19 heavy (non-hydrogen) atoms. The van der Waals surface area contributed by atoms with Gasteiger partial charge in [0.1, 0.15) is 11.6 Å². The Hall–Kier alpha value is -1.45. The Morgan fingerprint density at radius 1 is 1.47 bits per heavy atom. The first-order chi connectivity index (χ1) is 8.99. The fourth-order valence-electron chi connectivity index (χ4n) is 2.67. The number of nitrogens with one attached hydrogen (secondary N) is 1. The molecule has 0 aromatic heterocycles. The van der Waals surface area contributed by atoms with Gasteiger partial charge in [-0.15, -0.1) is 0 Å². The Labute approximate surface area is 112 Å². The number of hydrogen-bond donors (Lipinski definition) is 1. The van der Waals surface area contributed by atoms with Crippen LogP contribution >= 0.6 is 0 Å². The van der Waals surface area contributed by atoms with Crippen molar-refractivity contribution >= 4 is 5.91 Å². The second-order valence-electron chi connectivity index (χ2n) is 5.41. The molecule has 2 atom stereocenters. The van der Waals surface area contributed by atoms with E-state index in [0.29, 0.717) is 24.4 Å². The van der Waals surface area contributed by atoms with Gasteiger partial charge in [-0.05, 0) is 30.4 Å². The van der Waals surface area contributed by atoms with Crippen LogP contribution in [-0.4, -0.2) is 12.5 Å². The summed E-state index contributed by atoms with van der Waals surface area (Å²) in [7, 11) is 0. The molecule has 1 amide bonds. The summed E-state index contributed by atoms with van der Waals surface area (Å²) in [6.45, 7) is 4.39. The first-order valence-electron chi connectivity index (χ1n) is 6.72. The fraction of sp³-hybridized carbons (Fsp3) is 0.533. The van der Waals surface area contributed by atoms with Crippen molar-refractivity contribution in [1.29, 1.82) is 0 Å². The third-order valence-electron chi connectivity index (χ3n) is 4.00. The third-order valence-corrected chi connectivity index (χ3v) is 4.00. The van der Waals surface area contributed by atoms with Crippen molar-refractivity contribution in [1.82, 2.24) is 5.32 Å². The fourth-order valence-corrected chi connectivity index (χ4v) is 2.67. The summed E-state index contributed by atoms with van der Waals surface area (Å²) in [5.41, 5.74) is 0.152. The molecule has 1 aromatic carbocycles. The van der Waals surface area contributed by atoms with Crippen molar-refractivity contribution in [2.24, 2.45) is 5.92 Å². The van der Waals surface area contributed by atoms with Crippen LogP contribution in [0.5, 0.6) is 0 Å². The summed E-state index contributed by atoms with van der Waals surface area (Å²) in [5.74, 6) is -0.799. The van der Waals surface area contributed by atoms with E-state index in [1.807, 2.05) is 13.8 Å². The molecule has 1 aliphatic rings. The third kappa shape index (κ3) is 2.77. The van der Waals surface area contributed by atoms with Crippen LogP contribution in [0.3, 0.4) is 0 Å². The lowest BCUT2D eigenvalue weighted by Gasteiger charge is -2.19. The number of hydrogen-bond acceptors (Lipinski definition) is 1. The predicted molar refractivity (Wildman–Crippen MR) is 69.7 cm³/mol. The van der Waals surface area contributed by atoms with E-state index in [0.717, 1.165) is 18.9 Å². The molecule has 2 rings (SSSR count). The summed E-state index contributed by atoms with van der Waals surface area (Å²) >= 11 is 0. The molecule has 0 bridgehead atoms. The molecule has 104 valence electrons. The topological polar surface area (TPSA) is 29.1 Å². The van der Waals surface area contributed by atoms with Gasteiger partial charge in [0.15, 0.2) is 0 Å². The lowest BCUT2D eigenvalue weighted by atomic mass is 9.92. The molecule has 1 aliphatic carbocycles. The number of halogens is 2. The van der Waals surface area contributed by atoms with Crippen LogP contribution in [-0.2, 0) is 10.2 Å². The van der Waals surface area contributed by atoms with E-state index >= 15 is 0 Å². The minimum absolute atomic E-state index is 0.0107. The van der Waals surface area contributed by atoms with Gasteiger partial charge in [-0.25, -0.2) is 8.78 Å². The second-order valence-corrected chi connectivity index (χ2v) is 5.41. The number of carbonyl (C=O) groups excluding carboxylic acids is 1. The molecule has 1 saturated carbocycles. The zero-order valence-electron chi connectivity index (χ0n) is 11.3. The molecule has 0 spiro atoms. The zero-order chi connectivity index (χ0) is 14.0. The summed E-state index contributed by atoms with van der Waals surface area (Å²) in [6, 6.07) is 3.69. The minimum Gasteiger partial charge on any atom is -0.355 e. The van der Waals surface area contributed by atoms with Gasteiger partial charge in [0.2, 0.25) is 5.91 Å². The predicted octanol–water partition coefficient (Wildman–Crippen LogP) is 3.16. The smallest absolute Gasteiger partial charge is 0.220 e. The molecule has 4 heteroatoms. The lowest BCUT2D eigenvalue weighted by Crippen LogP contribution is -2.33. The lowest BCUT2D eigenvalue weighted by molar-refractivity contribution is -0.121. The minimum atomic E-state index is -0.570. The molecule has 1 aromatic rings. The van der Waals surface area contributed by atoms with Gasteiger partial charge in [-0.2, -0.15) is 0 Å². The first-order valence-corrected chi connectivity index (χ1v) is 6.72. The summed E-state index contributed by atoms with van der Waals surface area (Å²) in [6.07, 6.45) is 2.09. The van der Waals surface area contributed by atoms with Crippen LogP contribution < -0.4 is 5.32 Å². The standard InChI is InChI=1S/C15H19F2NO/c1-3-4-14(19)18-9-15(8-10(15)2)12-6-5-11(16)7-13(12)17/h5-7,10H,3-4,8-9H2,1-2H3,(H,18,19). The van der Waals surface area contributed by atoms with E-state index in [2.05, 4.69) is 5.32 Å². The number of amides is 1. The second kappa shape index (κ2) is 5.27. The maximum Gasteiger partial charge on any atom is 0.220 e. The molecule has 1 fully saturated rings. The molecule has 2 unspecified atom stereocenters. The molecular formula is C15H19F2NO. The molecule has 0 aliphatic heterocycles. The van der Waals surface area contributed by atoms with E-state index < -0.39 is 11.6 Å². The number of rotatable bonds is 5. The molecule has 1 N–H and O–H groups in total. The summed E-state index contributed by atoms with van der Waals surface area (Å²) in [5, 5.41) is 2.86. The molecule has 0 radical (unpaired) electrons. The highest BCUT2D eigenvalue weighted by molar-refractivity contribution is 5.76. The average Bonchev–Trinajstić information content (AvgIpc) is 2.99. The van der Waals surface area contributed by atoms with Crippen LogP contribution in [0.2, 0.25) is 0 Å². The zero-order valence-corrected chi connectivity index (χ0v) is 11.3. The Morgan fingerprint density at radius 2 is 2.16 bits per heavy atom. The summed E-state index contributed by atoms with van der Waals surface area (Å²) < 4.78 is 26.8. The molecular weight excluding hydrogens is 248 g/mol. The van der Waals surface area contributed by atoms with Gasteiger partial charge < -0.3 is 5.32 Å². The SMILES string of the molecule is CCCC(=O)NCC1(c2ccc(F)cc2F)CC1C. The molecule has 0 heterocycles. The van der Waals surface area contributed by atoms with Crippen LogP contribution in [0, 0.1) is 17.6 Å². The van der Waals surface area contributed by atoms with Gasteiger partial charge in [-0.1, -0.05) is 19.9 Å². The monoisotopic (exact) mass is 267 g/mol. The maximum absolute atomic E-state index is 13.9. The maximum atomic E-state index is 13.9. The quantitative estimate of drug-likeness (QED) is 0.872. The van der Waals surface area contributed by atoms with E-state index in [4.69, 9.17) is 0 Å². The van der Waals surface area contributed by atoms with Gasteiger partial charge >= 0.3 is 0 Å². The molecule has 0 saturated heterocycles. The van der Waals surface area contributed by atoms with Crippen LogP contribution in [0.4, 0.5) is 8.78 Å².